The normalized spacial score (nSPS) is 11.8. The smallest absolute Gasteiger partial charge is 0.0703 e. The summed E-state index contributed by atoms with van der Waals surface area (Å²) in [7, 11) is 3.77. The van der Waals surface area contributed by atoms with Crippen LogP contribution < -0.4 is 0 Å². The Morgan fingerprint density at radius 1 is 1.20 bits per heavy atom. The van der Waals surface area contributed by atoms with E-state index >= 15 is 0 Å². The van der Waals surface area contributed by atoms with Gasteiger partial charge in [-0.3, -0.25) is 0 Å². The van der Waals surface area contributed by atoms with Crippen LogP contribution in [0, 0.1) is 0 Å². The van der Waals surface area contributed by atoms with Crippen LogP contribution in [0.3, 0.4) is 0 Å². The highest BCUT2D eigenvalue weighted by Gasteiger charge is 1.95. The van der Waals surface area contributed by atoms with Crippen LogP contribution >= 0.6 is 0 Å². The summed E-state index contributed by atoms with van der Waals surface area (Å²) in [6.45, 7) is 6.23. The Balaban J connectivity index is 3.02. The third-order valence-corrected chi connectivity index (χ3v) is 0. The van der Waals surface area contributed by atoms with Crippen LogP contribution in [0.2, 0.25) is 5.31 Å². The third-order valence-electron chi connectivity index (χ3n) is 0. The second kappa shape index (κ2) is 1.04. The lowest BCUT2D eigenvalue weighted by Crippen LogP contribution is -1.90. The van der Waals surface area contributed by atoms with Gasteiger partial charge in [0.2, 0.25) is 0 Å². The van der Waals surface area contributed by atoms with Crippen LogP contribution in [0.25, 0.3) is 0 Å². The van der Waals surface area contributed by atoms with Crippen molar-refractivity contribution in [2.75, 3.05) is 0 Å². The molecule has 0 amide bonds. The number of rotatable bonds is 0. The first-order valence-electron chi connectivity index (χ1n) is 1.85. The van der Waals surface area contributed by atoms with E-state index < -0.39 is 0 Å². The Kier molecular flexibility index (Phi) is 1.05. The van der Waals surface area contributed by atoms with Gasteiger partial charge in [0.05, 0.1) is 7.85 Å². The molecule has 0 unspecified atom stereocenters. The topological polar surface area (TPSA) is 0 Å². The summed E-state index contributed by atoms with van der Waals surface area (Å²) >= 11 is 0. The van der Waals surface area contributed by atoms with Crippen LogP contribution in [0.1, 0.15) is 20.8 Å². The molecule has 0 aromatic heterocycles. The second-order valence-corrected chi connectivity index (χ2v) is 2.56. The maximum atomic E-state index is 3.77. The maximum Gasteiger partial charge on any atom is 0.0941 e. The molecule has 5 heavy (non-hydrogen) atoms. The summed E-state index contributed by atoms with van der Waals surface area (Å²) in [4.78, 5) is 0. The Hall–Kier alpha value is 0.0649. The van der Waals surface area contributed by atoms with E-state index in [0.29, 0.717) is 0 Å². The minimum atomic E-state index is 0.250. The SMILES string of the molecule is [BH]C(C)(C)C. The number of hydrogen-bond donors (Lipinski definition) is 0. The predicted molar refractivity (Wildman–Crippen MR) is 26.9 cm³/mol. The molecule has 29 valence electrons. The van der Waals surface area contributed by atoms with Crippen molar-refractivity contribution in [3.63, 3.8) is 0 Å². The van der Waals surface area contributed by atoms with Gasteiger partial charge < -0.3 is 0 Å². The van der Waals surface area contributed by atoms with Gasteiger partial charge in [-0.1, -0.05) is 26.1 Å². The molecule has 0 saturated carbocycles. The molecular formula is C4H10B. The van der Waals surface area contributed by atoms with E-state index in [4.69, 9.17) is 0 Å². The van der Waals surface area contributed by atoms with Gasteiger partial charge in [-0.25, -0.2) is 0 Å². The van der Waals surface area contributed by atoms with Crippen molar-refractivity contribution in [3.8, 4) is 0 Å². The molecule has 0 heterocycles. The zero-order valence-electron chi connectivity index (χ0n) is 4.21. The average molecular weight is 68.9 g/mol. The van der Waals surface area contributed by atoms with Crippen molar-refractivity contribution < 1.29 is 0 Å². The van der Waals surface area contributed by atoms with Gasteiger partial charge in [0.25, 0.3) is 0 Å². The fraction of sp³-hybridized carbons (Fsp3) is 1.00. The first kappa shape index (κ1) is 5.06. The average Bonchev–Trinajstić information content (AvgIpc) is 0.722. The van der Waals surface area contributed by atoms with Crippen molar-refractivity contribution in [3.05, 3.63) is 0 Å². The van der Waals surface area contributed by atoms with E-state index in [1.54, 1.807) is 0 Å². The Morgan fingerprint density at radius 3 is 1.20 bits per heavy atom. The highest BCUT2D eigenvalue weighted by atomic mass is 13.9. The molecule has 0 nitrogen and oxygen atoms in total. The van der Waals surface area contributed by atoms with Crippen LogP contribution in [0.4, 0.5) is 0 Å². The van der Waals surface area contributed by atoms with Crippen LogP contribution in [0.5, 0.6) is 0 Å². The molecule has 0 aliphatic heterocycles. The molecule has 0 aliphatic rings. The molecular weight excluding hydrogens is 58.9 g/mol. The summed E-state index contributed by atoms with van der Waals surface area (Å²) in [5, 5.41) is 0.250. The molecule has 0 aliphatic carbocycles. The van der Waals surface area contributed by atoms with Crippen LogP contribution in [-0.4, -0.2) is 7.85 Å². The Bertz CT molecular complexity index is 19.1. The van der Waals surface area contributed by atoms with E-state index in [-0.39, 0.29) is 5.31 Å². The lowest BCUT2D eigenvalue weighted by Gasteiger charge is -2.05. The van der Waals surface area contributed by atoms with Crippen LogP contribution in [0.15, 0.2) is 0 Å². The molecule has 1 radical (unpaired) electrons. The van der Waals surface area contributed by atoms with Gasteiger partial charge in [-0.15, -0.1) is 0 Å². The van der Waals surface area contributed by atoms with E-state index in [1.165, 1.54) is 0 Å². The number of hydrogen-bond acceptors (Lipinski definition) is 0. The van der Waals surface area contributed by atoms with E-state index in [9.17, 15) is 0 Å². The standard InChI is InChI=1S/C4H10B/c1-4(2,3)5/h5H,1-3H3. The fourth-order valence-electron chi connectivity index (χ4n) is 0. The van der Waals surface area contributed by atoms with Crippen molar-refractivity contribution >= 4 is 7.85 Å². The molecule has 0 N–H and O–H groups in total. The van der Waals surface area contributed by atoms with Gasteiger partial charge in [0, 0.05) is 0 Å². The zero-order valence-corrected chi connectivity index (χ0v) is 4.21. The molecule has 0 aromatic carbocycles. The molecule has 0 bridgehead atoms. The Morgan fingerprint density at radius 2 is 1.20 bits per heavy atom. The van der Waals surface area contributed by atoms with Crippen molar-refractivity contribution in [1.29, 1.82) is 0 Å². The second-order valence-electron chi connectivity index (χ2n) is 2.56. The first-order chi connectivity index (χ1) is 2.00. The minimum Gasteiger partial charge on any atom is -0.0703 e. The van der Waals surface area contributed by atoms with Crippen molar-refractivity contribution in [2.45, 2.75) is 26.1 Å². The van der Waals surface area contributed by atoms with Crippen molar-refractivity contribution in [2.24, 2.45) is 0 Å². The van der Waals surface area contributed by atoms with E-state index in [0.717, 1.165) is 0 Å². The quantitative estimate of drug-likeness (QED) is 0.373. The monoisotopic (exact) mass is 69.1 g/mol. The van der Waals surface area contributed by atoms with Gasteiger partial charge in [-0.2, -0.15) is 0 Å². The summed E-state index contributed by atoms with van der Waals surface area (Å²) in [6.07, 6.45) is 0. The van der Waals surface area contributed by atoms with E-state index in [2.05, 4.69) is 28.6 Å². The molecule has 0 saturated heterocycles. The van der Waals surface area contributed by atoms with Gasteiger partial charge in [0.15, 0.2) is 0 Å². The molecule has 0 fully saturated rings. The molecule has 0 rings (SSSR count). The summed E-state index contributed by atoms with van der Waals surface area (Å²) in [6, 6.07) is 0. The highest BCUT2D eigenvalue weighted by Crippen LogP contribution is 2.13. The first-order valence-corrected chi connectivity index (χ1v) is 1.85. The summed E-state index contributed by atoms with van der Waals surface area (Å²) < 4.78 is 0. The fourth-order valence-corrected chi connectivity index (χ4v) is 0. The molecule has 0 aromatic rings. The lowest BCUT2D eigenvalue weighted by atomic mass is 9.75. The molecule has 1 heteroatoms. The largest absolute Gasteiger partial charge is 0.0941 e. The van der Waals surface area contributed by atoms with Crippen molar-refractivity contribution in [1.82, 2.24) is 0 Å². The minimum absolute atomic E-state index is 0.250. The Labute approximate surface area is 35.0 Å². The maximum absolute atomic E-state index is 3.77. The summed E-state index contributed by atoms with van der Waals surface area (Å²) in [5.41, 5.74) is 0. The zero-order chi connectivity index (χ0) is 4.50. The van der Waals surface area contributed by atoms with Gasteiger partial charge >= 0.3 is 0 Å². The van der Waals surface area contributed by atoms with Gasteiger partial charge in [-0.05, 0) is 0 Å². The molecule has 0 spiro atoms. The highest BCUT2D eigenvalue weighted by molar-refractivity contribution is 6.14. The van der Waals surface area contributed by atoms with E-state index in [1.807, 2.05) is 0 Å². The summed E-state index contributed by atoms with van der Waals surface area (Å²) in [5.74, 6) is 0. The predicted octanol–water partition coefficient (Wildman–Crippen LogP) is 1.11. The van der Waals surface area contributed by atoms with Gasteiger partial charge in [0.1, 0.15) is 0 Å². The van der Waals surface area contributed by atoms with Crippen LogP contribution in [-0.2, 0) is 0 Å². The molecule has 0 atom stereocenters. The lowest BCUT2D eigenvalue weighted by molar-refractivity contribution is 0.767. The third kappa shape index (κ3) is 4110.